The number of hydrogen-bond acceptors (Lipinski definition) is 6. The number of nitrogens with zero attached hydrogens (tertiary/aromatic N) is 3. The van der Waals surface area contributed by atoms with E-state index in [0.29, 0.717) is 18.1 Å². The maximum absolute atomic E-state index is 4.72. The van der Waals surface area contributed by atoms with Crippen molar-refractivity contribution in [3.05, 3.63) is 127 Å². The Hall–Kier alpha value is -4.23. The lowest BCUT2D eigenvalue weighted by Gasteiger charge is -2.36. The number of aromatic nitrogens is 3. The van der Waals surface area contributed by atoms with E-state index in [1.165, 1.54) is 32.3 Å². The SMILES string of the molecule is c1ccc2cc(CNC3CC(NCc4cc5ccccc5cn4)CC(NCc4cc5ccccc5cn4)C3)ncc2c1. The predicted octanol–water partition coefficient (Wildman–Crippen LogP) is 6.29. The van der Waals surface area contributed by atoms with Crippen molar-refractivity contribution < 1.29 is 0 Å². The second-order valence-electron chi connectivity index (χ2n) is 11.5. The monoisotopic (exact) mass is 552 g/mol. The quantitative estimate of drug-likeness (QED) is 0.196. The summed E-state index contributed by atoms with van der Waals surface area (Å²) in [5, 5.41) is 18.7. The minimum Gasteiger partial charge on any atom is -0.308 e. The fourth-order valence-corrected chi connectivity index (χ4v) is 6.24. The van der Waals surface area contributed by atoms with Gasteiger partial charge in [0.25, 0.3) is 0 Å². The summed E-state index contributed by atoms with van der Waals surface area (Å²) in [4.78, 5) is 14.2. The zero-order valence-electron chi connectivity index (χ0n) is 23.7. The van der Waals surface area contributed by atoms with Crippen LogP contribution in [-0.4, -0.2) is 33.1 Å². The average molecular weight is 553 g/mol. The molecule has 1 fully saturated rings. The van der Waals surface area contributed by atoms with E-state index in [0.717, 1.165) is 56.0 Å². The molecule has 0 radical (unpaired) electrons. The second-order valence-corrected chi connectivity index (χ2v) is 11.5. The Labute approximate surface area is 246 Å². The van der Waals surface area contributed by atoms with Crippen molar-refractivity contribution in [1.82, 2.24) is 30.9 Å². The highest BCUT2D eigenvalue weighted by Crippen LogP contribution is 2.22. The summed E-state index contributed by atoms with van der Waals surface area (Å²) < 4.78 is 0. The van der Waals surface area contributed by atoms with Crippen LogP contribution in [0.25, 0.3) is 32.3 Å². The average Bonchev–Trinajstić information content (AvgIpc) is 3.05. The Bertz CT molecular complexity index is 1600. The Balaban J connectivity index is 1.03. The fourth-order valence-electron chi connectivity index (χ4n) is 6.24. The molecule has 0 atom stereocenters. The number of benzene rings is 3. The zero-order chi connectivity index (χ0) is 28.1. The first-order valence-electron chi connectivity index (χ1n) is 15.0. The van der Waals surface area contributed by atoms with E-state index in [9.17, 15) is 0 Å². The van der Waals surface area contributed by atoms with Gasteiger partial charge in [0.15, 0.2) is 0 Å². The molecule has 0 unspecified atom stereocenters. The van der Waals surface area contributed by atoms with E-state index in [2.05, 4.69) is 107 Å². The number of pyridine rings is 3. The Morgan fingerprint density at radius 2 is 0.714 bits per heavy atom. The number of hydrogen-bond donors (Lipinski definition) is 3. The molecule has 0 bridgehead atoms. The van der Waals surface area contributed by atoms with Gasteiger partial charge in [-0.1, -0.05) is 72.8 Å². The summed E-state index contributed by atoms with van der Waals surface area (Å²) in [5.41, 5.74) is 3.23. The molecule has 3 heterocycles. The molecule has 0 amide bonds. The Morgan fingerprint density at radius 1 is 0.429 bits per heavy atom. The van der Waals surface area contributed by atoms with Crippen molar-refractivity contribution in [2.45, 2.75) is 57.0 Å². The summed E-state index contributed by atoms with van der Waals surface area (Å²) in [6, 6.07) is 33.0. The van der Waals surface area contributed by atoms with Gasteiger partial charge in [0, 0.05) is 72.5 Å². The maximum Gasteiger partial charge on any atom is 0.0548 e. The zero-order valence-corrected chi connectivity index (χ0v) is 23.7. The third-order valence-electron chi connectivity index (χ3n) is 8.49. The minimum atomic E-state index is 0.371. The van der Waals surface area contributed by atoms with Crippen LogP contribution in [-0.2, 0) is 19.6 Å². The van der Waals surface area contributed by atoms with Gasteiger partial charge in [-0.05, 0) is 53.6 Å². The molecular formula is C36H36N6. The Kier molecular flexibility index (Phi) is 7.83. The van der Waals surface area contributed by atoms with Crippen molar-refractivity contribution >= 4 is 32.3 Å². The largest absolute Gasteiger partial charge is 0.308 e. The highest BCUT2D eigenvalue weighted by molar-refractivity contribution is 5.83. The number of nitrogens with one attached hydrogen (secondary N) is 3. The van der Waals surface area contributed by atoms with Crippen molar-refractivity contribution in [1.29, 1.82) is 0 Å². The highest BCUT2D eigenvalue weighted by Gasteiger charge is 2.28. The molecule has 3 aromatic carbocycles. The van der Waals surface area contributed by atoms with Crippen LogP contribution in [0.15, 0.2) is 110 Å². The van der Waals surface area contributed by atoms with Crippen molar-refractivity contribution in [3.63, 3.8) is 0 Å². The van der Waals surface area contributed by atoms with Gasteiger partial charge in [0.2, 0.25) is 0 Å². The van der Waals surface area contributed by atoms with Gasteiger partial charge in [0.1, 0.15) is 0 Å². The molecule has 3 aromatic heterocycles. The van der Waals surface area contributed by atoms with Crippen molar-refractivity contribution in [3.8, 4) is 0 Å². The van der Waals surface area contributed by atoms with Gasteiger partial charge in [0.05, 0.1) is 17.1 Å². The summed E-state index contributed by atoms with van der Waals surface area (Å²) >= 11 is 0. The number of fused-ring (bicyclic) bond motifs is 3. The molecule has 3 N–H and O–H groups in total. The van der Waals surface area contributed by atoms with Crippen LogP contribution in [0.5, 0.6) is 0 Å². The van der Waals surface area contributed by atoms with Crippen LogP contribution in [0.2, 0.25) is 0 Å². The molecule has 6 nitrogen and oxygen atoms in total. The van der Waals surface area contributed by atoms with Crippen LogP contribution < -0.4 is 16.0 Å². The van der Waals surface area contributed by atoms with Crippen LogP contribution in [0.3, 0.4) is 0 Å². The van der Waals surface area contributed by atoms with E-state index in [4.69, 9.17) is 15.0 Å². The van der Waals surface area contributed by atoms with Gasteiger partial charge < -0.3 is 16.0 Å². The molecular weight excluding hydrogens is 516 g/mol. The molecule has 210 valence electrons. The topological polar surface area (TPSA) is 74.8 Å². The van der Waals surface area contributed by atoms with E-state index in [-0.39, 0.29) is 0 Å². The first kappa shape index (κ1) is 26.7. The minimum absolute atomic E-state index is 0.371. The van der Waals surface area contributed by atoms with E-state index in [1.54, 1.807) is 0 Å². The van der Waals surface area contributed by atoms with Gasteiger partial charge in [-0.15, -0.1) is 0 Å². The molecule has 6 heteroatoms. The van der Waals surface area contributed by atoms with Gasteiger partial charge in [-0.2, -0.15) is 0 Å². The van der Waals surface area contributed by atoms with Crippen molar-refractivity contribution in [2.75, 3.05) is 0 Å². The molecule has 1 aliphatic carbocycles. The predicted molar refractivity (Wildman–Crippen MR) is 171 cm³/mol. The van der Waals surface area contributed by atoms with Crippen LogP contribution in [0, 0.1) is 0 Å². The summed E-state index contributed by atoms with van der Waals surface area (Å²) in [7, 11) is 0. The summed E-state index contributed by atoms with van der Waals surface area (Å²) in [6.07, 6.45) is 9.13. The van der Waals surface area contributed by atoms with Crippen LogP contribution >= 0.6 is 0 Å². The lowest BCUT2D eigenvalue weighted by atomic mass is 9.86. The van der Waals surface area contributed by atoms with Gasteiger partial charge >= 0.3 is 0 Å². The van der Waals surface area contributed by atoms with Gasteiger partial charge in [-0.25, -0.2) is 0 Å². The first-order chi connectivity index (χ1) is 20.7. The lowest BCUT2D eigenvalue weighted by molar-refractivity contribution is 0.245. The third-order valence-corrected chi connectivity index (χ3v) is 8.49. The number of rotatable bonds is 9. The molecule has 1 aliphatic rings. The molecule has 0 spiro atoms. The van der Waals surface area contributed by atoms with Crippen LogP contribution in [0.1, 0.15) is 36.3 Å². The standard InChI is InChI=1S/C36H36N6/c1-4-10-28-19-37-34(13-25(28)7-1)22-40-31-16-32(41-23-35-14-26-8-2-5-11-29(26)20-38-35)18-33(17-31)42-24-36-15-27-9-3-6-12-30(27)21-39-36/h1-15,19-21,31-33,40-42H,16-18,22-24H2. The second kappa shape index (κ2) is 12.3. The van der Waals surface area contributed by atoms with Crippen LogP contribution in [0.4, 0.5) is 0 Å². The summed E-state index contributed by atoms with van der Waals surface area (Å²) in [6.45, 7) is 2.27. The smallest absolute Gasteiger partial charge is 0.0548 e. The Morgan fingerprint density at radius 3 is 1.02 bits per heavy atom. The van der Waals surface area contributed by atoms with Crippen molar-refractivity contribution in [2.24, 2.45) is 0 Å². The molecule has 1 saturated carbocycles. The lowest BCUT2D eigenvalue weighted by Crippen LogP contribution is -2.50. The molecule has 0 saturated heterocycles. The normalized spacial score (nSPS) is 19.0. The van der Waals surface area contributed by atoms with Gasteiger partial charge in [-0.3, -0.25) is 15.0 Å². The molecule has 42 heavy (non-hydrogen) atoms. The maximum atomic E-state index is 4.72. The fraction of sp³-hybridized carbons (Fsp3) is 0.250. The molecule has 0 aliphatic heterocycles. The molecule has 7 rings (SSSR count). The first-order valence-corrected chi connectivity index (χ1v) is 15.0. The summed E-state index contributed by atoms with van der Waals surface area (Å²) in [5.74, 6) is 0. The van der Waals surface area contributed by atoms with E-state index in [1.807, 2.05) is 18.6 Å². The van der Waals surface area contributed by atoms with E-state index >= 15 is 0 Å². The highest BCUT2D eigenvalue weighted by atomic mass is 15.0. The third kappa shape index (κ3) is 6.31. The molecule has 6 aromatic rings. The van der Waals surface area contributed by atoms with E-state index < -0.39 is 0 Å².